The highest BCUT2D eigenvalue weighted by atomic mass is 16.7. The zero-order chi connectivity index (χ0) is 11.4. The van der Waals surface area contributed by atoms with Crippen molar-refractivity contribution in [2.45, 2.75) is 26.7 Å². The minimum absolute atomic E-state index is 0.182. The Morgan fingerprint density at radius 1 is 1.47 bits per heavy atom. The predicted molar refractivity (Wildman–Crippen MR) is 57.0 cm³/mol. The number of pyridine rings is 1. The molecule has 1 aromatic rings. The maximum absolute atomic E-state index is 11.3. The number of anilines is 1. The number of aryl methyl sites for hydroxylation is 2. The molecule has 1 aromatic heterocycles. The number of nitrogen functional groups attached to an aromatic ring is 1. The molecule has 0 saturated heterocycles. The Balaban J connectivity index is 3.30. The molecule has 15 heavy (non-hydrogen) atoms. The summed E-state index contributed by atoms with van der Waals surface area (Å²) in [5, 5.41) is 0. The van der Waals surface area contributed by atoms with Crippen LogP contribution in [0, 0.1) is 0 Å². The molecule has 1 heterocycles. The average molecular weight is 209 g/mol. The molecule has 0 spiro atoms. The molecule has 0 saturated carbocycles. The maximum Gasteiger partial charge on any atom is 0.360 e. The lowest BCUT2D eigenvalue weighted by Crippen LogP contribution is -2.16. The Morgan fingerprint density at radius 3 is 2.60 bits per heavy atom. The monoisotopic (exact) mass is 209 g/mol. The van der Waals surface area contributed by atoms with E-state index >= 15 is 0 Å². The largest absolute Gasteiger partial charge is 0.383 e. The second-order valence-corrected chi connectivity index (χ2v) is 3.15. The van der Waals surface area contributed by atoms with Gasteiger partial charge in [0.1, 0.15) is 11.4 Å². The number of carbonyl (C=O) groups is 1. The summed E-state index contributed by atoms with van der Waals surface area (Å²) in [6.07, 6.45) is 1.46. The van der Waals surface area contributed by atoms with E-state index < -0.39 is 5.97 Å². The first-order valence-corrected chi connectivity index (χ1v) is 4.83. The Morgan fingerprint density at radius 2 is 2.13 bits per heavy atom. The van der Waals surface area contributed by atoms with Gasteiger partial charge in [-0.05, 0) is 24.5 Å². The van der Waals surface area contributed by atoms with Crippen LogP contribution in [0.4, 0.5) is 5.82 Å². The number of aromatic nitrogens is 1. The van der Waals surface area contributed by atoms with Crippen LogP contribution in [0.15, 0.2) is 6.07 Å². The zero-order valence-corrected chi connectivity index (χ0v) is 8.91. The summed E-state index contributed by atoms with van der Waals surface area (Å²) in [4.78, 5) is 19.6. The Hall–Kier alpha value is -1.62. The van der Waals surface area contributed by atoms with Gasteiger partial charge in [-0.15, -0.1) is 0 Å². The van der Waals surface area contributed by atoms with Gasteiger partial charge in [0.15, 0.2) is 0 Å². The van der Waals surface area contributed by atoms with Crippen molar-refractivity contribution in [3.8, 4) is 0 Å². The molecule has 0 unspecified atom stereocenters. The van der Waals surface area contributed by atoms with Crippen LogP contribution in [-0.4, -0.2) is 11.0 Å². The summed E-state index contributed by atoms with van der Waals surface area (Å²) >= 11 is 0. The fourth-order valence-corrected chi connectivity index (χ4v) is 1.44. The van der Waals surface area contributed by atoms with Crippen molar-refractivity contribution in [2.24, 2.45) is 5.90 Å². The highest BCUT2D eigenvalue weighted by Crippen LogP contribution is 2.18. The molecule has 0 amide bonds. The molecule has 0 aromatic carbocycles. The molecule has 5 heteroatoms. The third-order valence-electron chi connectivity index (χ3n) is 2.24. The third kappa shape index (κ3) is 2.24. The van der Waals surface area contributed by atoms with Crippen LogP contribution in [0.1, 0.15) is 35.5 Å². The molecular formula is C10H15N3O2. The Kier molecular flexibility index (Phi) is 3.62. The molecular weight excluding hydrogens is 194 g/mol. The number of nitrogens with two attached hydrogens (primary N) is 2. The first-order valence-electron chi connectivity index (χ1n) is 4.83. The van der Waals surface area contributed by atoms with Crippen LogP contribution in [0.2, 0.25) is 0 Å². The zero-order valence-electron chi connectivity index (χ0n) is 8.91. The molecule has 0 atom stereocenters. The second-order valence-electron chi connectivity index (χ2n) is 3.15. The van der Waals surface area contributed by atoms with Crippen molar-refractivity contribution >= 4 is 11.8 Å². The lowest BCUT2D eigenvalue weighted by molar-refractivity contribution is 0.0503. The maximum atomic E-state index is 11.3. The molecule has 0 aliphatic rings. The summed E-state index contributed by atoms with van der Waals surface area (Å²) in [5.41, 5.74) is 7.63. The molecule has 4 N–H and O–H groups in total. The van der Waals surface area contributed by atoms with Crippen molar-refractivity contribution < 1.29 is 9.63 Å². The van der Waals surface area contributed by atoms with Gasteiger partial charge in [-0.1, -0.05) is 13.8 Å². The highest BCUT2D eigenvalue weighted by molar-refractivity contribution is 5.95. The normalized spacial score (nSPS) is 10.1. The van der Waals surface area contributed by atoms with E-state index in [2.05, 4.69) is 9.82 Å². The summed E-state index contributed by atoms with van der Waals surface area (Å²) in [5.74, 6) is 4.38. The van der Waals surface area contributed by atoms with E-state index in [1.165, 1.54) is 0 Å². The number of rotatable bonds is 3. The second kappa shape index (κ2) is 4.75. The number of carbonyl (C=O) groups excluding carboxylic acids is 1. The van der Waals surface area contributed by atoms with Crippen LogP contribution < -0.4 is 11.6 Å². The van der Waals surface area contributed by atoms with Crippen molar-refractivity contribution in [1.29, 1.82) is 0 Å². The van der Waals surface area contributed by atoms with Gasteiger partial charge >= 0.3 is 5.97 Å². The van der Waals surface area contributed by atoms with E-state index in [1.807, 2.05) is 19.9 Å². The van der Waals surface area contributed by atoms with Gasteiger partial charge in [-0.25, -0.2) is 9.78 Å². The molecule has 5 nitrogen and oxygen atoms in total. The van der Waals surface area contributed by atoms with Crippen LogP contribution in [0.25, 0.3) is 0 Å². The molecule has 0 aliphatic carbocycles. The van der Waals surface area contributed by atoms with E-state index in [4.69, 9.17) is 11.6 Å². The van der Waals surface area contributed by atoms with Crippen LogP contribution in [-0.2, 0) is 17.7 Å². The lowest BCUT2D eigenvalue weighted by Gasteiger charge is -2.09. The SMILES string of the molecule is CCc1cc(CC)c(C(=O)ON)c(N)n1. The minimum atomic E-state index is -0.639. The van der Waals surface area contributed by atoms with E-state index in [0.29, 0.717) is 6.42 Å². The standard InChI is InChI=1S/C10H15N3O2/c1-3-6-5-7(4-2)13-9(11)8(6)10(14)15-12/h5H,3-4,12H2,1-2H3,(H2,11,13). The van der Waals surface area contributed by atoms with Crippen molar-refractivity contribution in [3.63, 3.8) is 0 Å². The van der Waals surface area contributed by atoms with Crippen LogP contribution in [0.3, 0.4) is 0 Å². The van der Waals surface area contributed by atoms with Gasteiger partial charge in [0.05, 0.1) is 0 Å². The fourth-order valence-electron chi connectivity index (χ4n) is 1.44. The van der Waals surface area contributed by atoms with Gasteiger partial charge in [-0.3, -0.25) is 0 Å². The van der Waals surface area contributed by atoms with E-state index in [0.717, 1.165) is 17.7 Å². The molecule has 0 radical (unpaired) electrons. The topological polar surface area (TPSA) is 91.2 Å². The summed E-state index contributed by atoms with van der Waals surface area (Å²) in [7, 11) is 0. The Bertz CT molecular complexity index is 377. The Labute approximate surface area is 88.4 Å². The van der Waals surface area contributed by atoms with E-state index in [-0.39, 0.29) is 11.4 Å². The summed E-state index contributed by atoms with van der Waals surface area (Å²) in [6.45, 7) is 3.91. The molecule has 0 bridgehead atoms. The number of hydrogen-bond acceptors (Lipinski definition) is 5. The van der Waals surface area contributed by atoms with E-state index in [9.17, 15) is 4.79 Å². The molecule has 0 fully saturated rings. The van der Waals surface area contributed by atoms with Gasteiger partial charge < -0.3 is 10.6 Å². The minimum Gasteiger partial charge on any atom is -0.383 e. The lowest BCUT2D eigenvalue weighted by atomic mass is 10.0. The number of nitrogens with zero attached hydrogens (tertiary/aromatic N) is 1. The molecule has 0 aliphatic heterocycles. The quantitative estimate of drug-likeness (QED) is 0.719. The van der Waals surface area contributed by atoms with Crippen molar-refractivity contribution in [1.82, 2.24) is 4.98 Å². The molecule has 82 valence electrons. The van der Waals surface area contributed by atoms with Crippen molar-refractivity contribution in [3.05, 3.63) is 22.9 Å². The van der Waals surface area contributed by atoms with Crippen molar-refractivity contribution in [2.75, 3.05) is 5.73 Å². The predicted octanol–water partition coefficient (Wildman–Crippen LogP) is 0.819. The fraction of sp³-hybridized carbons (Fsp3) is 0.400. The summed E-state index contributed by atoms with van der Waals surface area (Å²) in [6, 6.07) is 1.85. The van der Waals surface area contributed by atoms with E-state index in [1.54, 1.807) is 0 Å². The number of hydrogen-bond donors (Lipinski definition) is 2. The van der Waals surface area contributed by atoms with Gasteiger partial charge in [0, 0.05) is 5.69 Å². The highest BCUT2D eigenvalue weighted by Gasteiger charge is 2.17. The van der Waals surface area contributed by atoms with Gasteiger partial charge in [0.25, 0.3) is 0 Å². The van der Waals surface area contributed by atoms with Gasteiger partial charge in [-0.2, -0.15) is 5.90 Å². The first-order chi connectivity index (χ1) is 7.13. The van der Waals surface area contributed by atoms with Crippen LogP contribution >= 0.6 is 0 Å². The third-order valence-corrected chi connectivity index (χ3v) is 2.24. The van der Waals surface area contributed by atoms with Crippen LogP contribution in [0.5, 0.6) is 0 Å². The van der Waals surface area contributed by atoms with Gasteiger partial charge in [0.2, 0.25) is 0 Å². The first kappa shape index (κ1) is 11.5. The smallest absolute Gasteiger partial charge is 0.360 e. The average Bonchev–Trinajstić information content (AvgIpc) is 2.26. The molecule has 1 rings (SSSR count). The summed E-state index contributed by atoms with van der Waals surface area (Å²) < 4.78 is 0.